The molecule has 1 aliphatic rings. The van der Waals surface area contributed by atoms with Gasteiger partial charge in [0.15, 0.2) is 11.5 Å². The Hall–Kier alpha value is -0.740. The Morgan fingerprint density at radius 3 is 2.15 bits per heavy atom. The highest BCUT2D eigenvalue weighted by molar-refractivity contribution is 9.10. The molecule has 2 rings (SSSR count). The summed E-state index contributed by atoms with van der Waals surface area (Å²) in [6, 6.07) is 2.26. The SMILES string of the molecule is COc1cc(C2(C(C)N)CC2)c(C(C)C)c(Br)c1OC. The van der Waals surface area contributed by atoms with Gasteiger partial charge in [0.25, 0.3) is 0 Å². The first-order valence-corrected chi connectivity index (χ1v) is 7.88. The fraction of sp³-hybridized carbons (Fsp3) is 0.625. The standard InChI is InChI=1S/C16H24BrNO2/c1-9(2)13-11(16(6-7-16)10(3)18)8-12(19-4)15(20-5)14(13)17/h8-10H,6-7,18H2,1-5H3. The molecular weight excluding hydrogens is 318 g/mol. The molecule has 0 bridgehead atoms. The molecule has 0 amide bonds. The van der Waals surface area contributed by atoms with E-state index in [4.69, 9.17) is 15.2 Å². The monoisotopic (exact) mass is 341 g/mol. The van der Waals surface area contributed by atoms with Crippen LogP contribution in [-0.4, -0.2) is 20.3 Å². The van der Waals surface area contributed by atoms with E-state index in [9.17, 15) is 0 Å². The van der Waals surface area contributed by atoms with Crippen LogP contribution in [-0.2, 0) is 5.41 Å². The van der Waals surface area contributed by atoms with Crippen molar-refractivity contribution in [1.82, 2.24) is 0 Å². The lowest BCUT2D eigenvalue weighted by molar-refractivity contribution is 0.350. The molecule has 0 heterocycles. The van der Waals surface area contributed by atoms with Gasteiger partial charge < -0.3 is 15.2 Å². The van der Waals surface area contributed by atoms with Crippen molar-refractivity contribution in [2.24, 2.45) is 5.73 Å². The number of methoxy groups -OCH3 is 2. The first-order chi connectivity index (χ1) is 9.39. The van der Waals surface area contributed by atoms with Gasteiger partial charge in [-0.1, -0.05) is 13.8 Å². The summed E-state index contributed by atoms with van der Waals surface area (Å²) in [6.45, 7) is 6.50. The molecule has 112 valence electrons. The number of ether oxygens (including phenoxy) is 2. The van der Waals surface area contributed by atoms with Gasteiger partial charge in [-0.15, -0.1) is 0 Å². The molecule has 0 aliphatic heterocycles. The zero-order valence-corrected chi connectivity index (χ0v) is 14.5. The molecule has 1 fully saturated rings. The van der Waals surface area contributed by atoms with Crippen molar-refractivity contribution in [2.75, 3.05) is 14.2 Å². The predicted octanol–water partition coefficient (Wildman–Crippen LogP) is 3.97. The van der Waals surface area contributed by atoms with Gasteiger partial charge in [-0.3, -0.25) is 0 Å². The van der Waals surface area contributed by atoms with Crippen molar-refractivity contribution in [3.63, 3.8) is 0 Å². The molecule has 1 unspecified atom stereocenters. The number of benzene rings is 1. The van der Waals surface area contributed by atoms with Crippen molar-refractivity contribution in [2.45, 2.75) is 51.0 Å². The van der Waals surface area contributed by atoms with E-state index in [-0.39, 0.29) is 11.5 Å². The second kappa shape index (κ2) is 5.57. The summed E-state index contributed by atoms with van der Waals surface area (Å²) in [7, 11) is 3.35. The molecule has 1 saturated carbocycles. The lowest BCUT2D eigenvalue weighted by Gasteiger charge is -2.28. The predicted molar refractivity (Wildman–Crippen MR) is 85.9 cm³/mol. The quantitative estimate of drug-likeness (QED) is 0.881. The maximum Gasteiger partial charge on any atom is 0.175 e. The Kier molecular flexibility index (Phi) is 4.35. The van der Waals surface area contributed by atoms with Crippen molar-refractivity contribution >= 4 is 15.9 Å². The summed E-state index contributed by atoms with van der Waals surface area (Å²) in [5, 5.41) is 0. The molecule has 0 saturated heterocycles. The number of nitrogens with two attached hydrogens (primary N) is 1. The van der Waals surface area contributed by atoms with Crippen LogP contribution < -0.4 is 15.2 Å². The van der Waals surface area contributed by atoms with Gasteiger partial charge in [-0.05, 0) is 58.8 Å². The largest absolute Gasteiger partial charge is 0.493 e. The minimum Gasteiger partial charge on any atom is -0.493 e. The van der Waals surface area contributed by atoms with E-state index in [1.165, 1.54) is 11.1 Å². The fourth-order valence-corrected chi connectivity index (χ4v) is 4.07. The van der Waals surface area contributed by atoms with Crippen molar-refractivity contribution in [1.29, 1.82) is 0 Å². The minimum atomic E-state index is 0.0989. The van der Waals surface area contributed by atoms with Crippen LogP contribution in [0.15, 0.2) is 10.5 Å². The van der Waals surface area contributed by atoms with E-state index in [1.807, 2.05) is 0 Å². The van der Waals surface area contributed by atoms with E-state index < -0.39 is 0 Å². The van der Waals surface area contributed by atoms with Crippen LogP contribution in [0.1, 0.15) is 50.7 Å². The molecule has 20 heavy (non-hydrogen) atoms. The Morgan fingerprint density at radius 2 is 1.80 bits per heavy atom. The summed E-state index contributed by atoms with van der Waals surface area (Å²) < 4.78 is 12.0. The maximum atomic E-state index is 6.26. The second-order valence-corrected chi connectivity index (χ2v) is 6.78. The average molecular weight is 342 g/mol. The molecule has 1 aromatic rings. The summed E-state index contributed by atoms with van der Waals surface area (Å²) in [4.78, 5) is 0. The molecule has 3 nitrogen and oxygen atoms in total. The average Bonchev–Trinajstić information content (AvgIpc) is 3.18. The number of hydrogen-bond acceptors (Lipinski definition) is 3. The van der Waals surface area contributed by atoms with Crippen LogP contribution >= 0.6 is 15.9 Å². The highest BCUT2D eigenvalue weighted by Crippen LogP contribution is 2.56. The van der Waals surface area contributed by atoms with Gasteiger partial charge in [0.2, 0.25) is 0 Å². The van der Waals surface area contributed by atoms with Crippen LogP contribution in [0, 0.1) is 0 Å². The number of hydrogen-bond donors (Lipinski definition) is 1. The van der Waals surface area contributed by atoms with Gasteiger partial charge in [0.05, 0.1) is 18.7 Å². The lowest BCUT2D eigenvalue weighted by Crippen LogP contribution is -2.32. The molecule has 0 aromatic heterocycles. The molecular formula is C16H24BrNO2. The van der Waals surface area contributed by atoms with E-state index in [0.717, 1.165) is 28.8 Å². The van der Waals surface area contributed by atoms with Gasteiger partial charge in [0.1, 0.15) is 0 Å². The number of rotatable bonds is 5. The minimum absolute atomic E-state index is 0.0989. The smallest absolute Gasteiger partial charge is 0.175 e. The lowest BCUT2D eigenvalue weighted by atomic mass is 9.82. The van der Waals surface area contributed by atoms with Crippen LogP contribution in [0.25, 0.3) is 0 Å². The Morgan fingerprint density at radius 1 is 1.20 bits per heavy atom. The molecule has 2 N–H and O–H groups in total. The Labute approximate surface area is 130 Å². The van der Waals surface area contributed by atoms with Crippen molar-refractivity contribution in [3.05, 3.63) is 21.7 Å². The second-order valence-electron chi connectivity index (χ2n) is 5.99. The fourth-order valence-electron chi connectivity index (χ4n) is 3.05. The van der Waals surface area contributed by atoms with Gasteiger partial charge >= 0.3 is 0 Å². The van der Waals surface area contributed by atoms with Crippen LogP contribution in [0.3, 0.4) is 0 Å². The van der Waals surface area contributed by atoms with Crippen LogP contribution in [0.4, 0.5) is 0 Å². The third-order valence-electron chi connectivity index (χ3n) is 4.42. The first-order valence-electron chi connectivity index (χ1n) is 7.09. The topological polar surface area (TPSA) is 44.5 Å². The van der Waals surface area contributed by atoms with Crippen LogP contribution in [0.5, 0.6) is 11.5 Å². The van der Waals surface area contributed by atoms with E-state index in [0.29, 0.717) is 5.92 Å². The van der Waals surface area contributed by atoms with Gasteiger partial charge in [-0.25, -0.2) is 0 Å². The summed E-state index contributed by atoms with van der Waals surface area (Å²) >= 11 is 3.71. The molecule has 1 aromatic carbocycles. The van der Waals surface area contributed by atoms with Crippen molar-refractivity contribution in [3.8, 4) is 11.5 Å². The van der Waals surface area contributed by atoms with E-state index in [1.54, 1.807) is 14.2 Å². The maximum absolute atomic E-state index is 6.26. The zero-order valence-electron chi connectivity index (χ0n) is 12.9. The molecule has 1 aliphatic carbocycles. The highest BCUT2D eigenvalue weighted by atomic mass is 79.9. The molecule has 4 heteroatoms. The highest BCUT2D eigenvalue weighted by Gasteiger charge is 2.49. The third kappa shape index (κ3) is 2.33. The summed E-state index contributed by atoms with van der Waals surface area (Å²) in [5.74, 6) is 1.93. The molecule has 0 spiro atoms. The Balaban J connectivity index is 2.70. The van der Waals surface area contributed by atoms with Gasteiger partial charge in [-0.2, -0.15) is 0 Å². The molecule has 0 radical (unpaired) electrons. The molecule has 1 atom stereocenters. The normalized spacial score (nSPS) is 18.0. The van der Waals surface area contributed by atoms with E-state index in [2.05, 4.69) is 42.8 Å². The first kappa shape index (κ1) is 15.6. The van der Waals surface area contributed by atoms with E-state index >= 15 is 0 Å². The van der Waals surface area contributed by atoms with Crippen molar-refractivity contribution < 1.29 is 9.47 Å². The van der Waals surface area contributed by atoms with Gasteiger partial charge in [0, 0.05) is 11.5 Å². The third-order valence-corrected chi connectivity index (χ3v) is 5.21. The Bertz CT molecular complexity index is 508. The van der Waals surface area contributed by atoms with Crippen LogP contribution in [0.2, 0.25) is 0 Å². The zero-order chi connectivity index (χ0) is 15.1. The summed E-state index contributed by atoms with van der Waals surface area (Å²) in [5.41, 5.74) is 8.96. The number of halogens is 1. The summed E-state index contributed by atoms with van der Waals surface area (Å²) in [6.07, 6.45) is 2.29.